The summed E-state index contributed by atoms with van der Waals surface area (Å²) in [6, 6.07) is 0.308. The van der Waals surface area contributed by atoms with Gasteiger partial charge in [0.15, 0.2) is 0 Å². The summed E-state index contributed by atoms with van der Waals surface area (Å²) in [6.07, 6.45) is 3.87. The van der Waals surface area contributed by atoms with Crippen molar-refractivity contribution in [3.63, 3.8) is 0 Å². The first kappa shape index (κ1) is 13.3. The van der Waals surface area contributed by atoms with E-state index in [2.05, 4.69) is 11.8 Å². The third kappa shape index (κ3) is 3.91. The summed E-state index contributed by atoms with van der Waals surface area (Å²) < 4.78 is 11.2. The molecule has 2 N–H and O–H groups in total. The predicted molar refractivity (Wildman–Crippen MR) is 68.0 cm³/mol. The number of ether oxygens (including phenoxy) is 2. The molecule has 0 radical (unpaired) electrons. The summed E-state index contributed by atoms with van der Waals surface area (Å²) in [5.74, 6) is 0.491. The minimum absolute atomic E-state index is 0.308. The lowest BCUT2D eigenvalue weighted by Crippen LogP contribution is -2.46. The number of nitrogens with zero attached hydrogens (tertiary/aromatic N) is 1. The molecular weight excluding hydrogens is 216 g/mol. The summed E-state index contributed by atoms with van der Waals surface area (Å²) in [6.45, 7) is 7.98. The van der Waals surface area contributed by atoms with Crippen LogP contribution in [0.25, 0.3) is 0 Å². The van der Waals surface area contributed by atoms with Crippen LogP contribution in [0.2, 0.25) is 0 Å². The summed E-state index contributed by atoms with van der Waals surface area (Å²) in [7, 11) is 0. The SMILES string of the molecule is CCN(CC1CCCO1)CC1COCCC1N. The molecule has 2 saturated heterocycles. The van der Waals surface area contributed by atoms with Crippen LogP contribution in [0.5, 0.6) is 0 Å². The van der Waals surface area contributed by atoms with Gasteiger partial charge in [-0.05, 0) is 25.8 Å². The molecule has 0 amide bonds. The van der Waals surface area contributed by atoms with Crippen LogP contribution in [-0.2, 0) is 9.47 Å². The molecule has 0 aliphatic carbocycles. The Kier molecular flexibility index (Phi) is 5.22. The normalized spacial score (nSPS) is 34.4. The molecule has 3 atom stereocenters. The largest absolute Gasteiger partial charge is 0.381 e. The molecule has 2 heterocycles. The molecule has 0 saturated carbocycles. The van der Waals surface area contributed by atoms with Crippen molar-refractivity contribution >= 4 is 0 Å². The van der Waals surface area contributed by atoms with Gasteiger partial charge in [0.2, 0.25) is 0 Å². The zero-order valence-corrected chi connectivity index (χ0v) is 10.9. The van der Waals surface area contributed by atoms with Crippen LogP contribution in [0.1, 0.15) is 26.2 Å². The molecule has 0 spiro atoms. The Balaban J connectivity index is 1.76. The van der Waals surface area contributed by atoms with Crippen LogP contribution < -0.4 is 5.73 Å². The van der Waals surface area contributed by atoms with Gasteiger partial charge in [-0.3, -0.25) is 0 Å². The average Bonchev–Trinajstić information content (AvgIpc) is 2.84. The van der Waals surface area contributed by atoms with Crippen LogP contribution in [0, 0.1) is 5.92 Å². The quantitative estimate of drug-likeness (QED) is 0.776. The smallest absolute Gasteiger partial charge is 0.0702 e. The Morgan fingerprint density at radius 2 is 2.12 bits per heavy atom. The second-order valence-corrected chi connectivity index (χ2v) is 5.27. The lowest BCUT2D eigenvalue weighted by molar-refractivity contribution is 0.0150. The monoisotopic (exact) mass is 242 g/mol. The highest BCUT2D eigenvalue weighted by atomic mass is 16.5. The van der Waals surface area contributed by atoms with Gasteiger partial charge in [0, 0.05) is 38.3 Å². The van der Waals surface area contributed by atoms with Gasteiger partial charge >= 0.3 is 0 Å². The summed E-state index contributed by atoms with van der Waals surface area (Å²) in [5.41, 5.74) is 6.15. The van der Waals surface area contributed by atoms with E-state index in [4.69, 9.17) is 15.2 Å². The average molecular weight is 242 g/mol. The van der Waals surface area contributed by atoms with Crippen LogP contribution in [-0.4, -0.2) is 56.5 Å². The second-order valence-electron chi connectivity index (χ2n) is 5.27. The zero-order valence-electron chi connectivity index (χ0n) is 10.9. The highest BCUT2D eigenvalue weighted by molar-refractivity contribution is 4.80. The van der Waals surface area contributed by atoms with Crippen molar-refractivity contribution in [2.75, 3.05) is 39.5 Å². The van der Waals surface area contributed by atoms with Gasteiger partial charge in [0.25, 0.3) is 0 Å². The summed E-state index contributed by atoms with van der Waals surface area (Å²) in [5, 5.41) is 0. The molecule has 0 aromatic heterocycles. The topological polar surface area (TPSA) is 47.7 Å². The van der Waals surface area contributed by atoms with Gasteiger partial charge in [-0.15, -0.1) is 0 Å². The van der Waals surface area contributed by atoms with Crippen molar-refractivity contribution in [1.29, 1.82) is 0 Å². The van der Waals surface area contributed by atoms with Gasteiger partial charge in [0.05, 0.1) is 12.7 Å². The molecular formula is C13H26N2O2. The molecule has 2 aliphatic heterocycles. The Hall–Kier alpha value is -0.160. The molecule has 4 heteroatoms. The maximum atomic E-state index is 6.15. The maximum absolute atomic E-state index is 6.15. The van der Waals surface area contributed by atoms with E-state index in [-0.39, 0.29) is 0 Å². The molecule has 0 aromatic carbocycles. The molecule has 2 aliphatic rings. The minimum Gasteiger partial charge on any atom is -0.381 e. The maximum Gasteiger partial charge on any atom is 0.0702 e. The van der Waals surface area contributed by atoms with Crippen molar-refractivity contribution in [3.8, 4) is 0 Å². The third-order valence-corrected chi connectivity index (χ3v) is 3.96. The Morgan fingerprint density at radius 3 is 2.76 bits per heavy atom. The summed E-state index contributed by atoms with van der Waals surface area (Å²) >= 11 is 0. The van der Waals surface area contributed by atoms with Gasteiger partial charge in [-0.1, -0.05) is 6.92 Å². The Morgan fingerprint density at radius 1 is 1.24 bits per heavy atom. The van der Waals surface area contributed by atoms with Crippen molar-refractivity contribution in [2.45, 2.75) is 38.3 Å². The van der Waals surface area contributed by atoms with Crippen LogP contribution >= 0.6 is 0 Å². The van der Waals surface area contributed by atoms with Crippen molar-refractivity contribution in [3.05, 3.63) is 0 Å². The van der Waals surface area contributed by atoms with E-state index in [1.807, 2.05) is 0 Å². The fourth-order valence-electron chi connectivity index (χ4n) is 2.74. The van der Waals surface area contributed by atoms with Crippen LogP contribution in [0.3, 0.4) is 0 Å². The fraction of sp³-hybridized carbons (Fsp3) is 1.00. The van der Waals surface area contributed by atoms with Crippen molar-refractivity contribution < 1.29 is 9.47 Å². The highest BCUT2D eigenvalue weighted by Crippen LogP contribution is 2.17. The van der Waals surface area contributed by atoms with E-state index in [1.54, 1.807) is 0 Å². The number of hydrogen-bond acceptors (Lipinski definition) is 4. The van der Waals surface area contributed by atoms with Gasteiger partial charge < -0.3 is 20.1 Å². The van der Waals surface area contributed by atoms with Crippen molar-refractivity contribution in [2.24, 2.45) is 11.7 Å². The summed E-state index contributed by atoms with van der Waals surface area (Å²) in [4.78, 5) is 2.47. The highest BCUT2D eigenvalue weighted by Gasteiger charge is 2.26. The first-order valence-electron chi connectivity index (χ1n) is 6.97. The number of nitrogens with two attached hydrogens (primary N) is 1. The molecule has 100 valence electrons. The standard InChI is InChI=1S/C13H26N2O2/c1-2-15(9-12-4-3-6-17-12)8-11-10-16-7-5-13(11)14/h11-13H,2-10,14H2,1H3. The third-order valence-electron chi connectivity index (χ3n) is 3.96. The molecule has 0 aromatic rings. The van der Waals surface area contributed by atoms with E-state index in [0.717, 1.165) is 45.9 Å². The number of rotatable bonds is 5. The van der Waals surface area contributed by atoms with Gasteiger partial charge in [0.1, 0.15) is 0 Å². The van der Waals surface area contributed by atoms with E-state index in [9.17, 15) is 0 Å². The van der Waals surface area contributed by atoms with E-state index in [1.165, 1.54) is 12.8 Å². The second kappa shape index (κ2) is 6.69. The first-order chi connectivity index (χ1) is 8.29. The molecule has 3 unspecified atom stereocenters. The lowest BCUT2D eigenvalue weighted by atomic mass is 9.96. The number of hydrogen-bond donors (Lipinski definition) is 1. The lowest BCUT2D eigenvalue weighted by Gasteiger charge is -2.34. The minimum atomic E-state index is 0.308. The van der Waals surface area contributed by atoms with E-state index in [0.29, 0.717) is 18.1 Å². The molecule has 17 heavy (non-hydrogen) atoms. The Bertz CT molecular complexity index is 219. The first-order valence-corrected chi connectivity index (χ1v) is 6.97. The van der Waals surface area contributed by atoms with E-state index < -0.39 is 0 Å². The fourth-order valence-corrected chi connectivity index (χ4v) is 2.74. The van der Waals surface area contributed by atoms with Gasteiger partial charge in [-0.25, -0.2) is 0 Å². The zero-order chi connectivity index (χ0) is 12.1. The Labute approximate surface area is 104 Å². The molecule has 0 bridgehead atoms. The molecule has 4 nitrogen and oxygen atoms in total. The molecule has 2 rings (SSSR count). The van der Waals surface area contributed by atoms with Crippen LogP contribution in [0.4, 0.5) is 0 Å². The van der Waals surface area contributed by atoms with Gasteiger partial charge in [-0.2, -0.15) is 0 Å². The predicted octanol–water partition coefficient (Wildman–Crippen LogP) is 0.851. The van der Waals surface area contributed by atoms with Crippen molar-refractivity contribution in [1.82, 2.24) is 4.90 Å². The number of likely N-dealkylation sites (N-methyl/N-ethyl adjacent to an activating group) is 1. The van der Waals surface area contributed by atoms with E-state index >= 15 is 0 Å². The molecule has 2 fully saturated rings. The van der Waals surface area contributed by atoms with Crippen LogP contribution in [0.15, 0.2) is 0 Å².